The molecule has 0 atom stereocenters. The lowest BCUT2D eigenvalue weighted by Gasteiger charge is -2.17. The molecule has 1 rings (SSSR count). The maximum atomic E-state index is 12.9. The smallest absolute Gasteiger partial charge is 0.260 e. The van der Waals surface area contributed by atoms with Gasteiger partial charge in [-0.3, -0.25) is 4.79 Å². The van der Waals surface area contributed by atoms with Gasteiger partial charge in [0.2, 0.25) is 0 Å². The Bertz CT molecular complexity index is 483. The molecule has 0 radical (unpaired) electrons. The standard InChI is InChI=1S/C12H14F2N2O2S/c1-16(5-4-11(15)19)12(17)7-18-8-2-3-9(13)10(14)6-8/h2-3,6H,4-5,7H2,1H3,(H2,15,19). The van der Waals surface area contributed by atoms with Crippen LogP contribution < -0.4 is 10.5 Å². The predicted octanol–water partition coefficient (Wildman–Crippen LogP) is 1.48. The summed E-state index contributed by atoms with van der Waals surface area (Å²) in [5.41, 5.74) is 5.32. The second-order valence-corrected chi connectivity index (χ2v) is 4.42. The van der Waals surface area contributed by atoms with Crippen LogP contribution >= 0.6 is 12.2 Å². The van der Waals surface area contributed by atoms with Crippen LogP contribution in [0.3, 0.4) is 0 Å². The molecule has 4 nitrogen and oxygen atoms in total. The number of nitrogens with two attached hydrogens (primary N) is 1. The highest BCUT2D eigenvalue weighted by molar-refractivity contribution is 7.80. The zero-order valence-electron chi connectivity index (χ0n) is 10.4. The summed E-state index contributed by atoms with van der Waals surface area (Å²) >= 11 is 4.70. The highest BCUT2D eigenvalue weighted by atomic mass is 32.1. The number of ether oxygens (including phenoxy) is 1. The number of likely N-dealkylation sites (N-methyl/N-ethyl adjacent to an activating group) is 1. The van der Waals surface area contributed by atoms with Crippen molar-refractivity contribution in [2.75, 3.05) is 20.2 Å². The molecule has 0 bridgehead atoms. The Morgan fingerprint density at radius 3 is 2.68 bits per heavy atom. The molecule has 0 fully saturated rings. The summed E-state index contributed by atoms with van der Waals surface area (Å²) in [7, 11) is 1.58. The van der Waals surface area contributed by atoms with Crippen LogP contribution in [0.2, 0.25) is 0 Å². The molecule has 0 saturated carbocycles. The molecule has 0 saturated heterocycles. The molecule has 0 aromatic heterocycles. The number of thiocarbonyl (C=S) groups is 1. The maximum Gasteiger partial charge on any atom is 0.260 e. The fourth-order valence-electron chi connectivity index (χ4n) is 1.22. The average molecular weight is 288 g/mol. The number of amides is 1. The largest absolute Gasteiger partial charge is 0.484 e. The van der Waals surface area contributed by atoms with Gasteiger partial charge >= 0.3 is 0 Å². The molecular formula is C12H14F2N2O2S. The number of benzene rings is 1. The van der Waals surface area contributed by atoms with E-state index in [0.717, 1.165) is 12.1 Å². The number of carbonyl (C=O) groups excluding carboxylic acids is 1. The van der Waals surface area contributed by atoms with E-state index in [-0.39, 0.29) is 18.3 Å². The van der Waals surface area contributed by atoms with Gasteiger partial charge in [-0.15, -0.1) is 0 Å². The van der Waals surface area contributed by atoms with Crippen molar-refractivity contribution >= 4 is 23.1 Å². The third kappa shape index (κ3) is 5.17. The molecule has 0 spiro atoms. The molecule has 0 heterocycles. The Labute approximate surface area is 115 Å². The molecule has 7 heteroatoms. The first-order valence-corrected chi connectivity index (χ1v) is 5.91. The van der Waals surface area contributed by atoms with Crippen molar-refractivity contribution in [1.29, 1.82) is 0 Å². The number of hydrogen-bond donors (Lipinski definition) is 1. The molecular weight excluding hydrogens is 274 g/mol. The average Bonchev–Trinajstić information content (AvgIpc) is 2.36. The Hall–Kier alpha value is -1.76. The van der Waals surface area contributed by atoms with E-state index in [0.29, 0.717) is 18.0 Å². The van der Waals surface area contributed by atoms with Gasteiger partial charge in [0, 0.05) is 26.1 Å². The Kier molecular flexibility index (Phi) is 5.62. The van der Waals surface area contributed by atoms with Gasteiger partial charge in [-0.25, -0.2) is 8.78 Å². The van der Waals surface area contributed by atoms with E-state index in [2.05, 4.69) is 0 Å². The molecule has 2 N–H and O–H groups in total. The minimum absolute atomic E-state index is 0.0926. The van der Waals surface area contributed by atoms with Crippen LogP contribution in [-0.2, 0) is 4.79 Å². The summed E-state index contributed by atoms with van der Waals surface area (Å²) in [4.78, 5) is 13.4. The van der Waals surface area contributed by atoms with Crippen LogP contribution in [0, 0.1) is 11.6 Å². The van der Waals surface area contributed by atoms with Crippen molar-refractivity contribution in [3.05, 3.63) is 29.8 Å². The second kappa shape index (κ2) is 6.98. The lowest BCUT2D eigenvalue weighted by Crippen LogP contribution is -2.33. The lowest BCUT2D eigenvalue weighted by molar-refractivity contribution is -0.131. The van der Waals surface area contributed by atoms with E-state index in [4.69, 9.17) is 22.7 Å². The monoisotopic (exact) mass is 288 g/mol. The molecule has 1 aromatic carbocycles. The fourth-order valence-corrected chi connectivity index (χ4v) is 1.32. The molecule has 1 amide bonds. The highest BCUT2D eigenvalue weighted by Gasteiger charge is 2.10. The van der Waals surface area contributed by atoms with Gasteiger partial charge in [0.25, 0.3) is 5.91 Å². The zero-order valence-corrected chi connectivity index (χ0v) is 11.2. The quantitative estimate of drug-likeness (QED) is 0.806. The van der Waals surface area contributed by atoms with Gasteiger partial charge in [-0.1, -0.05) is 12.2 Å². The molecule has 1 aromatic rings. The van der Waals surface area contributed by atoms with E-state index in [1.165, 1.54) is 11.0 Å². The van der Waals surface area contributed by atoms with Crippen molar-refractivity contribution in [3.8, 4) is 5.75 Å². The molecule has 104 valence electrons. The summed E-state index contributed by atoms with van der Waals surface area (Å²) in [6.07, 6.45) is 0.419. The van der Waals surface area contributed by atoms with E-state index in [1.807, 2.05) is 0 Å². The van der Waals surface area contributed by atoms with Crippen LogP contribution in [0.5, 0.6) is 5.75 Å². The van der Waals surface area contributed by atoms with E-state index < -0.39 is 11.6 Å². The van der Waals surface area contributed by atoms with Crippen LogP contribution in [0.4, 0.5) is 8.78 Å². The van der Waals surface area contributed by atoms with Gasteiger partial charge in [-0.2, -0.15) is 0 Å². The van der Waals surface area contributed by atoms with Crippen molar-refractivity contribution in [2.45, 2.75) is 6.42 Å². The summed E-state index contributed by atoms with van der Waals surface area (Å²) < 4.78 is 30.6. The SMILES string of the molecule is CN(CCC(N)=S)C(=O)COc1ccc(F)c(F)c1. The zero-order chi connectivity index (χ0) is 14.4. The van der Waals surface area contributed by atoms with Crippen molar-refractivity contribution in [2.24, 2.45) is 5.73 Å². The number of hydrogen-bond acceptors (Lipinski definition) is 3. The van der Waals surface area contributed by atoms with Gasteiger partial charge in [0.15, 0.2) is 18.2 Å². The van der Waals surface area contributed by atoms with E-state index >= 15 is 0 Å². The second-order valence-electron chi connectivity index (χ2n) is 3.90. The van der Waals surface area contributed by atoms with Crippen molar-refractivity contribution in [1.82, 2.24) is 4.90 Å². The highest BCUT2D eigenvalue weighted by Crippen LogP contribution is 2.15. The molecule has 0 aliphatic rings. The predicted molar refractivity (Wildman–Crippen MR) is 70.9 cm³/mol. The maximum absolute atomic E-state index is 12.9. The lowest BCUT2D eigenvalue weighted by atomic mass is 10.3. The molecule has 19 heavy (non-hydrogen) atoms. The first-order chi connectivity index (χ1) is 8.90. The summed E-state index contributed by atoms with van der Waals surface area (Å²) in [5, 5.41) is 0. The fraction of sp³-hybridized carbons (Fsp3) is 0.333. The normalized spacial score (nSPS) is 10.1. The van der Waals surface area contributed by atoms with Gasteiger partial charge in [-0.05, 0) is 12.1 Å². The Morgan fingerprint density at radius 2 is 2.11 bits per heavy atom. The number of nitrogens with zero attached hydrogens (tertiary/aromatic N) is 1. The first kappa shape index (κ1) is 15.3. The van der Waals surface area contributed by atoms with Gasteiger partial charge < -0.3 is 15.4 Å². The molecule has 0 unspecified atom stereocenters. The topological polar surface area (TPSA) is 55.6 Å². The van der Waals surface area contributed by atoms with Crippen LogP contribution in [-0.4, -0.2) is 36.0 Å². The van der Waals surface area contributed by atoms with Crippen LogP contribution in [0.25, 0.3) is 0 Å². The third-order valence-electron chi connectivity index (χ3n) is 2.37. The minimum Gasteiger partial charge on any atom is -0.484 e. The summed E-state index contributed by atoms with van der Waals surface area (Å²) in [6.45, 7) is 0.119. The third-order valence-corrected chi connectivity index (χ3v) is 2.58. The van der Waals surface area contributed by atoms with Crippen LogP contribution in [0.1, 0.15) is 6.42 Å². The van der Waals surface area contributed by atoms with E-state index in [9.17, 15) is 13.6 Å². The van der Waals surface area contributed by atoms with Gasteiger partial charge in [0.1, 0.15) is 5.75 Å². The number of halogens is 2. The number of rotatable bonds is 6. The molecule has 0 aliphatic heterocycles. The van der Waals surface area contributed by atoms with E-state index in [1.54, 1.807) is 7.05 Å². The van der Waals surface area contributed by atoms with Crippen molar-refractivity contribution < 1.29 is 18.3 Å². The summed E-state index contributed by atoms with van der Waals surface area (Å²) in [5.74, 6) is -2.20. The molecule has 0 aliphatic carbocycles. The number of carbonyl (C=O) groups is 1. The first-order valence-electron chi connectivity index (χ1n) is 5.50. The van der Waals surface area contributed by atoms with Crippen LogP contribution in [0.15, 0.2) is 18.2 Å². The van der Waals surface area contributed by atoms with Gasteiger partial charge in [0.05, 0.1) is 4.99 Å². The Balaban J connectivity index is 2.44. The van der Waals surface area contributed by atoms with Crippen molar-refractivity contribution in [3.63, 3.8) is 0 Å². The summed E-state index contributed by atoms with van der Waals surface area (Å²) in [6, 6.07) is 3.07. The Morgan fingerprint density at radius 1 is 1.42 bits per heavy atom. The minimum atomic E-state index is -1.02.